The molecule has 1 atom stereocenters. The van der Waals surface area contributed by atoms with Gasteiger partial charge in [-0.3, -0.25) is 0 Å². The zero-order chi connectivity index (χ0) is 10.8. The SMILES string of the molecule is C=C(C(=O)O)C1CCCc2ccccc21. The summed E-state index contributed by atoms with van der Waals surface area (Å²) >= 11 is 0. The fourth-order valence-electron chi connectivity index (χ4n) is 2.26. The highest BCUT2D eigenvalue weighted by Crippen LogP contribution is 2.35. The standard InChI is InChI=1S/C13H14O2/c1-9(13(14)15)11-8-4-6-10-5-2-3-7-12(10)11/h2-3,5,7,11H,1,4,6,8H2,(H,14,15). The minimum atomic E-state index is -0.878. The molecule has 0 aliphatic heterocycles. The summed E-state index contributed by atoms with van der Waals surface area (Å²) in [5, 5.41) is 8.96. The van der Waals surface area contributed by atoms with Crippen LogP contribution in [0.1, 0.15) is 29.9 Å². The normalized spacial score (nSPS) is 19.3. The lowest BCUT2D eigenvalue weighted by molar-refractivity contribution is -0.133. The van der Waals surface area contributed by atoms with Gasteiger partial charge in [0.2, 0.25) is 0 Å². The van der Waals surface area contributed by atoms with Crippen LogP contribution in [0.2, 0.25) is 0 Å². The molecule has 0 radical (unpaired) electrons. The molecule has 1 aliphatic rings. The van der Waals surface area contributed by atoms with E-state index in [9.17, 15) is 4.79 Å². The molecule has 1 aromatic rings. The summed E-state index contributed by atoms with van der Waals surface area (Å²) in [5.41, 5.74) is 2.74. The van der Waals surface area contributed by atoms with Crippen LogP contribution in [0.3, 0.4) is 0 Å². The Labute approximate surface area is 89.2 Å². The van der Waals surface area contributed by atoms with E-state index in [0.717, 1.165) is 24.8 Å². The van der Waals surface area contributed by atoms with Crippen LogP contribution in [0.4, 0.5) is 0 Å². The van der Waals surface area contributed by atoms with Crippen molar-refractivity contribution in [2.24, 2.45) is 0 Å². The molecule has 2 heteroatoms. The van der Waals surface area contributed by atoms with Crippen LogP contribution in [-0.2, 0) is 11.2 Å². The van der Waals surface area contributed by atoms with Gasteiger partial charge in [0.1, 0.15) is 0 Å². The molecule has 0 aromatic heterocycles. The maximum Gasteiger partial charge on any atom is 0.331 e. The van der Waals surface area contributed by atoms with E-state index in [2.05, 4.69) is 12.6 Å². The minimum absolute atomic E-state index is 0.00690. The van der Waals surface area contributed by atoms with Gasteiger partial charge in [-0.05, 0) is 30.4 Å². The van der Waals surface area contributed by atoms with Gasteiger partial charge in [0.25, 0.3) is 0 Å². The molecule has 0 saturated carbocycles. The van der Waals surface area contributed by atoms with Gasteiger partial charge in [0.05, 0.1) is 0 Å². The van der Waals surface area contributed by atoms with Crippen LogP contribution in [0.5, 0.6) is 0 Å². The number of aryl methyl sites for hydroxylation is 1. The molecule has 15 heavy (non-hydrogen) atoms. The maximum atomic E-state index is 10.9. The summed E-state index contributed by atoms with van der Waals surface area (Å²) in [6.07, 6.45) is 3.01. The molecular weight excluding hydrogens is 188 g/mol. The number of benzene rings is 1. The van der Waals surface area contributed by atoms with Crippen LogP contribution < -0.4 is 0 Å². The Morgan fingerprint density at radius 2 is 2.13 bits per heavy atom. The third-order valence-electron chi connectivity index (χ3n) is 3.06. The van der Waals surface area contributed by atoms with Crippen molar-refractivity contribution >= 4 is 5.97 Å². The third-order valence-corrected chi connectivity index (χ3v) is 3.06. The first-order valence-electron chi connectivity index (χ1n) is 5.20. The number of carbonyl (C=O) groups is 1. The number of carboxylic acid groups (broad SMARTS) is 1. The molecular formula is C13H14O2. The molecule has 0 spiro atoms. The van der Waals surface area contributed by atoms with Gasteiger partial charge in [0.15, 0.2) is 0 Å². The van der Waals surface area contributed by atoms with E-state index in [1.54, 1.807) is 0 Å². The molecule has 2 nitrogen and oxygen atoms in total. The number of fused-ring (bicyclic) bond motifs is 1. The smallest absolute Gasteiger partial charge is 0.331 e. The maximum absolute atomic E-state index is 10.9. The number of hydrogen-bond acceptors (Lipinski definition) is 1. The monoisotopic (exact) mass is 202 g/mol. The molecule has 0 saturated heterocycles. The highest BCUT2D eigenvalue weighted by atomic mass is 16.4. The summed E-state index contributed by atoms with van der Waals surface area (Å²) < 4.78 is 0. The molecule has 1 N–H and O–H groups in total. The van der Waals surface area contributed by atoms with Gasteiger partial charge in [-0.15, -0.1) is 0 Å². The van der Waals surface area contributed by atoms with Crippen LogP contribution in [0.25, 0.3) is 0 Å². The quantitative estimate of drug-likeness (QED) is 0.749. The fraction of sp³-hybridized carbons (Fsp3) is 0.308. The average Bonchev–Trinajstić information content (AvgIpc) is 2.27. The predicted octanol–water partition coefficient (Wildman–Crippen LogP) is 2.75. The summed E-state index contributed by atoms with van der Waals surface area (Å²) in [4.78, 5) is 10.9. The summed E-state index contributed by atoms with van der Waals surface area (Å²) in [6.45, 7) is 3.68. The van der Waals surface area contributed by atoms with Crippen LogP contribution in [0.15, 0.2) is 36.4 Å². The van der Waals surface area contributed by atoms with E-state index in [0.29, 0.717) is 5.57 Å². The molecule has 1 unspecified atom stereocenters. The Hall–Kier alpha value is -1.57. The highest BCUT2D eigenvalue weighted by molar-refractivity contribution is 5.87. The second kappa shape index (κ2) is 3.89. The van der Waals surface area contributed by atoms with Gasteiger partial charge in [-0.1, -0.05) is 30.8 Å². The lowest BCUT2D eigenvalue weighted by atomic mass is 9.79. The second-order valence-corrected chi connectivity index (χ2v) is 3.97. The van der Waals surface area contributed by atoms with Gasteiger partial charge in [0, 0.05) is 11.5 Å². The Bertz CT molecular complexity index is 407. The Morgan fingerprint density at radius 1 is 1.40 bits per heavy atom. The number of rotatable bonds is 2. The Kier molecular flexibility index (Phi) is 2.58. The van der Waals surface area contributed by atoms with E-state index in [-0.39, 0.29) is 5.92 Å². The van der Waals surface area contributed by atoms with Crippen molar-refractivity contribution in [2.75, 3.05) is 0 Å². The minimum Gasteiger partial charge on any atom is -0.478 e. The molecule has 2 rings (SSSR count). The number of aliphatic carboxylic acids is 1. The zero-order valence-corrected chi connectivity index (χ0v) is 8.57. The highest BCUT2D eigenvalue weighted by Gasteiger charge is 2.25. The van der Waals surface area contributed by atoms with E-state index in [4.69, 9.17) is 5.11 Å². The van der Waals surface area contributed by atoms with E-state index in [1.165, 1.54) is 5.56 Å². The lowest BCUT2D eigenvalue weighted by Crippen LogP contribution is -2.15. The van der Waals surface area contributed by atoms with Crippen molar-refractivity contribution in [3.8, 4) is 0 Å². The first-order valence-corrected chi connectivity index (χ1v) is 5.20. The largest absolute Gasteiger partial charge is 0.478 e. The van der Waals surface area contributed by atoms with E-state index >= 15 is 0 Å². The van der Waals surface area contributed by atoms with Crippen molar-refractivity contribution in [3.05, 3.63) is 47.5 Å². The van der Waals surface area contributed by atoms with Crippen molar-refractivity contribution in [2.45, 2.75) is 25.2 Å². The van der Waals surface area contributed by atoms with Gasteiger partial charge in [-0.25, -0.2) is 4.79 Å². The lowest BCUT2D eigenvalue weighted by Gasteiger charge is -2.25. The van der Waals surface area contributed by atoms with Crippen LogP contribution in [0, 0.1) is 0 Å². The topological polar surface area (TPSA) is 37.3 Å². The zero-order valence-electron chi connectivity index (χ0n) is 8.57. The number of carboxylic acids is 1. The molecule has 1 aromatic carbocycles. The summed E-state index contributed by atoms with van der Waals surface area (Å²) in [7, 11) is 0. The Morgan fingerprint density at radius 3 is 2.87 bits per heavy atom. The second-order valence-electron chi connectivity index (χ2n) is 3.97. The van der Waals surface area contributed by atoms with Crippen molar-refractivity contribution in [1.82, 2.24) is 0 Å². The third kappa shape index (κ3) is 1.80. The molecule has 0 amide bonds. The van der Waals surface area contributed by atoms with Gasteiger partial charge in [-0.2, -0.15) is 0 Å². The van der Waals surface area contributed by atoms with Crippen molar-refractivity contribution in [1.29, 1.82) is 0 Å². The van der Waals surface area contributed by atoms with Crippen molar-refractivity contribution < 1.29 is 9.90 Å². The summed E-state index contributed by atoms with van der Waals surface area (Å²) in [5.74, 6) is -0.871. The van der Waals surface area contributed by atoms with E-state index < -0.39 is 5.97 Å². The van der Waals surface area contributed by atoms with Gasteiger partial charge < -0.3 is 5.11 Å². The average molecular weight is 202 g/mol. The predicted molar refractivity (Wildman–Crippen MR) is 58.9 cm³/mol. The van der Waals surface area contributed by atoms with Crippen LogP contribution in [-0.4, -0.2) is 11.1 Å². The summed E-state index contributed by atoms with van der Waals surface area (Å²) in [6, 6.07) is 8.07. The molecule has 0 fully saturated rings. The first-order chi connectivity index (χ1) is 7.20. The first kappa shape index (κ1) is 9.97. The molecule has 78 valence electrons. The molecule has 0 heterocycles. The number of hydrogen-bond donors (Lipinski definition) is 1. The fourth-order valence-corrected chi connectivity index (χ4v) is 2.26. The van der Waals surface area contributed by atoms with E-state index in [1.807, 2.05) is 18.2 Å². The Balaban J connectivity index is 2.38. The van der Waals surface area contributed by atoms with Crippen molar-refractivity contribution in [3.63, 3.8) is 0 Å². The van der Waals surface area contributed by atoms with Crippen LogP contribution >= 0.6 is 0 Å². The molecule has 1 aliphatic carbocycles. The van der Waals surface area contributed by atoms with Gasteiger partial charge >= 0.3 is 5.97 Å². The molecule has 0 bridgehead atoms.